The minimum absolute atomic E-state index is 0.345. The molecule has 0 atom stereocenters. The second-order valence-electron chi connectivity index (χ2n) is 13.3. The maximum Gasteiger partial charge on any atom is 0.494 e. The summed E-state index contributed by atoms with van der Waals surface area (Å²) in [5.41, 5.74) is 3.25. The first kappa shape index (κ1) is 28.9. The van der Waals surface area contributed by atoms with Crippen molar-refractivity contribution in [1.29, 1.82) is 0 Å². The van der Waals surface area contributed by atoms with Crippen LogP contribution in [0, 0.1) is 13.8 Å². The molecule has 0 radical (unpaired) electrons. The Hall–Kier alpha value is -2.63. The monoisotopic (exact) mass is 536 g/mol. The molecule has 0 amide bonds. The molecule has 6 rings (SSSR count). The van der Waals surface area contributed by atoms with Gasteiger partial charge in [0.1, 0.15) is 0 Å². The molecular formula is C34H42B2O4. The van der Waals surface area contributed by atoms with Gasteiger partial charge in [0.2, 0.25) is 0 Å². The van der Waals surface area contributed by atoms with E-state index in [1.165, 1.54) is 27.3 Å². The number of hydrogen-bond acceptors (Lipinski definition) is 4. The molecule has 2 saturated heterocycles. The fraction of sp³-hybridized carbons (Fsp3) is 0.412. The zero-order valence-corrected chi connectivity index (χ0v) is 25.7. The van der Waals surface area contributed by atoms with Crippen molar-refractivity contribution in [3.8, 4) is 0 Å². The van der Waals surface area contributed by atoms with E-state index in [9.17, 15) is 0 Å². The number of hydrogen-bond donors (Lipinski definition) is 0. The highest BCUT2D eigenvalue weighted by molar-refractivity contribution is 6.63. The predicted molar refractivity (Wildman–Crippen MR) is 169 cm³/mol. The van der Waals surface area contributed by atoms with Crippen molar-refractivity contribution in [2.75, 3.05) is 0 Å². The Balaban J connectivity index is 0.000000244. The van der Waals surface area contributed by atoms with Gasteiger partial charge in [0.15, 0.2) is 0 Å². The van der Waals surface area contributed by atoms with Crippen molar-refractivity contribution in [2.45, 2.75) is 91.6 Å². The summed E-state index contributed by atoms with van der Waals surface area (Å²) in [4.78, 5) is 0. The SMILES string of the molecule is Cc1cc(B2OC(C)(C)C(C)(C)O2)cc2ccc(B3OC(C)(C)C(C)(C)O3)cc12.Cc1cccc2ccccc12. The zero-order chi connectivity index (χ0) is 29.1. The second kappa shape index (κ2) is 10.0. The van der Waals surface area contributed by atoms with E-state index < -0.39 is 0 Å². The largest absolute Gasteiger partial charge is 0.494 e. The maximum absolute atomic E-state index is 6.24. The molecule has 0 unspecified atom stereocenters. The molecule has 6 heteroatoms. The van der Waals surface area contributed by atoms with Crippen LogP contribution in [0.25, 0.3) is 21.5 Å². The molecule has 4 aromatic rings. The van der Waals surface area contributed by atoms with Crippen LogP contribution in [0.4, 0.5) is 0 Å². The molecule has 0 N–H and O–H groups in total. The van der Waals surface area contributed by atoms with Crippen LogP contribution in [0.3, 0.4) is 0 Å². The van der Waals surface area contributed by atoms with Crippen molar-refractivity contribution < 1.29 is 18.6 Å². The first-order chi connectivity index (χ1) is 18.6. The van der Waals surface area contributed by atoms with Crippen LogP contribution in [0.15, 0.2) is 72.8 Å². The van der Waals surface area contributed by atoms with Gasteiger partial charge in [-0.05, 0) is 113 Å². The average molecular weight is 536 g/mol. The summed E-state index contributed by atoms with van der Waals surface area (Å²) in [7, 11) is -0.711. The molecule has 0 saturated carbocycles. The van der Waals surface area contributed by atoms with Gasteiger partial charge >= 0.3 is 14.2 Å². The molecule has 4 nitrogen and oxygen atoms in total. The lowest BCUT2D eigenvalue weighted by molar-refractivity contribution is 0.00578. The summed E-state index contributed by atoms with van der Waals surface area (Å²) in [6, 6.07) is 25.6. The van der Waals surface area contributed by atoms with E-state index in [2.05, 4.69) is 142 Å². The smallest absolute Gasteiger partial charge is 0.399 e. The van der Waals surface area contributed by atoms with E-state index in [4.69, 9.17) is 18.6 Å². The van der Waals surface area contributed by atoms with E-state index in [0.717, 1.165) is 16.3 Å². The van der Waals surface area contributed by atoms with Gasteiger partial charge in [-0.25, -0.2) is 0 Å². The molecule has 0 spiro atoms. The highest BCUT2D eigenvalue weighted by Gasteiger charge is 2.53. The Labute approximate surface area is 240 Å². The van der Waals surface area contributed by atoms with Crippen molar-refractivity contribution in [3.63, 3.8) is 0 Å². The van der Waals surface area contributed by atoms with Gasteiger partial charge in [0.05, 0.1) is 22.4 Å². The lowest BCUT2D eigenvalue weighted by Crippen LogP contribution is -2.41. The Morgan fingerprint density at radius 3 is 1.55 bits per heavy atom. The van der Waals surface area contributed by atoms with Crippen LogP contribution < -0.4 is 10.9 Å². The van der Waals surface area contributed by atoms with Gasteiger partial charge < -0.3 is 18.6 Å². The maximum atomic E-state index is 6.24. The third kappa shape index (κ3) is 5.23. The summed E-state index contributed by atoms with van der Waals surface area (Å²) in [6.07, 6.45) is 0. The summed E-state index contributed by atoms with van der Waals surface area (Å²) in [6.45, 7) is 20.9. The Bertz CT molecular complexity index is 1520. The molecule has 40 heavy (non-hydrogen) atoms. The molecule has 2 fully saturated rings. The predicted octanol–water partition coefficient (Wildman–Crippen LogP) is 6.89. The number of fused-ring (bicyclic) bond motifs is 2. The normalized spacial score (nSPS) is 20.6. The van der Waals surface area contributed by atoms with Crippen molar-refractivity contribution in [3.05, 3.63) is 83.9 Å². The van der Waals surface area contributed by atoms with Gasteiger partial charge in [0, 0.05) is 0 Å². The molecule has 2 aliphatic rings. The molecule has 4 aromatic carbocycles. The highest BCUT2D eigenvalue weighted by Crippen LogP contribution is 2.38. The van der Waals surface area contributed by atoms with Crippen molar-refractivity contribution in [2.24, 2.45) is 0 Å². The van der Waals surface area contributed by atoms with Crippen molar-refractivity contribution in [1.82, 2.24) is 0 Å². The fourth-order valence-electron chi connectivity index (χ4n) is 5.22. The van der Waals surface area contributed by atoms with Gasteiger partial charge in [-0.1, -0.05) is 72.8 Å². The minimum Gasteiger partial charge on any atom is -0.399 e. The Kier molecular flexibility index (Phi) is 7.24. The van der Waals surface area contributed by atoms with E-state index >= 15 is 0 Å². The lowest BCUT2D eigenvalue weighted by Gasteiger charge is -2.32. The molecule has 0 aromatic heterocycles. The van der Waals surface area contributed by atoms with Gasteiger partial charge in [0.25, 0.3) is 0 Å². The number of benzene rings is 4. The van der Waals surface area contributed by atoms with Gasteiger partial charge in [-0.15, -0.1) is 0 Å². The van der Waals surface area contributed by atoms with E-state index in [0.29, 0.717) is 0 Å². The van der Waals surface area contributed by atoms with E-state index in [1.54, 1.807) is 0 Å². The number of rotatable bonds is 2. The van der Waals surface area contributed by atoms with Crippen LogP contribution in [-0.2, 0) is 18.6 Å². The first-order valence-electron chi connectivity index (χ1n) is 14.3. The third-order valence-corrected chi connectivity index (χ3v) is 9.27. The average Bonchev–Trinajstić information content (AvgIpc) is 3.24. The first-order valence-corrected chi connectivity index (χ1v) is 14.3. The van der Waals surface area contributed by atoms with Crippen LogP contribution in [0.2, 0.25) is 0 Å². The second-order valence-corrected chi connectivity index (χ2v) is 13.3. The summed E-state index contributed by atoms with van der Waals surface area (Å²) < 4.78 is 24.9. The quantitative estimate of drug-likeness (QED) is 0.262. The zero-order valence-electron chi connectivity index (χ0n) is 25.7. The van der Waals surface area contributed by atoms with E-state index in [1.807, 2.05) is 0 Å². The van der Waals surface area contributed by atoms with Crippen LogP contribution in [-0.4, -0.2) is 36.6 Å². The highest BCUT2D eigenvalue weighted by atomic mass is 16.7. The van der Waals surface area contributed by atoms with Crippen LogP contribution in [0.1, 0.15) is 66.5 Å². The van der Waals surface area contributed by atoms with Gasteiger partial charge in [-0.3, -0.25) is 0 Å². The minimum atomic E-state index is -0.356. The topological polar surface area (TPSA) is 36.9 Å². The molecule has 2 heterocycles. The van der Waals surface area contributed by atoms with Gasteiger partial charge in [-0.2, -0.15) is 0 Å². The Morgan fingerprint density at radius 2 is 0.975 bits per heavy atom. The molecule has 208 valence electrons. The van der Waals surface area contributed by atoms with Crippen LogP contribution in [0.5, 0.6) is 0 Å². The standard InChI is InChI=1S/C23H32B2O4.C11H10/c1-15-12-18(25-28-22(6,7)23(8,9)29-25)13-16-10-11-17(14-19(15)16)24-26-20(2,3)21(4,5)27-24;1-9-5-4-7-10-6-2-3-8-11(9)10/h10-14H,1-9H3;2-8H,1H3. The molecule has 0 aliphatic carbocycles. The summed E-state index contributed by atoms with van der Waals surface area (Å²) >= 11 is 0. The molecule has 2 aliphatic heterocycles. The lowest BCUT2D eigenvalue weighted by atomic mass is 9.75. The van der Waals surface area contributed by atoms with E-state index in [-0.39, 0.29) is 36.6 Å². The summed E-state index contributed by atoms with van der Waals surface area (Å²) in [5, 5.41) is 5.04. The fourth-order valence-corrected chi connectivity index (χ4v) is 5.22. The molecule has 0 bridgehead atoms. The summed E-state index contributed by atoms with van der Waals surface area (Å²) in [5.74, 6) is 0. The van der Waals surface area contributed by atoms with Crippen molar-refractivity contribution >= 4 is 46.7 Å². The molecular weight excluding hydrogens is 494 g/mol. The number of aryl methyl sites for hydroxylation is 2. The third-order valence-electron chi connectivity index (χ3n) is 9.27. The Morgan fingerprint density at radius 1 is 0.450 bits per heavy atom. The van der Waals surface area contributed by atoms with Crippen LogP contribution >= 0.6 is 0 Å².